The highest BCUT2D eigenvalue weighted by Gasteiger charge is 2.15. The molecule has 0 spiro atoms. The molecular weight excluding hydrogens is 281 g/mol. The van der Waals surface area contributed by atoms with E-state index in [1.165, 1.54) is 11.6 Å². The maximum atomic E-state index is 13.5. The fourth-order valence-corrected chi connectivity index (χ4v) is 2.94. The van der Waals surface area contributed by atoms with Crippen molar-refractivity contribution in [3.05, 3.63) is 57.0 Å². The summed E-state index contributed by atoms with van der Waals surface area (Å²) in [4.78, 5) is 0. The molecule has 0 aliphatic carbocycles. The largest absolute Gasteiger partial charge is 0.310 e. The average molecular weight is 298 g/mol. The molecule has 0 saturated heterocycles. The second-order valence-electron chi connectivity index (χ2n) is 4.48. The summed E-state index contributed by atoms with van der Waals surface area (Å²) in [5, 5.41) is 7.91. The lowest BCUT2D eigenvalue weighted by molar-refractivity contribution is 0.528. The molecule has 102 valence electrons. The molecule has 0 aliphatic rings. The van der Waals surface area contributed by atoms with Gasteiger partial charge in [-0.25, -0.2) is 4.39 Å². The third-order valence-corrected chi connectivity index (χ3v) is 4.17. The number of hydrogen-bond acceptors (Lipinski definition) is 2. The maximum Gasteiger partial charge on any atom is 0.142 e. The van der Waals surface area contributed by atoms with Gasteiger partial charge in [0.2, 0.25) is 0 Å². The van der Waals surface area contributed by atoms with E-state index in [1.807, 2.05) is 6.07 Å². The monoisotopic (exact) mass is 297 g/mol. The van der Waals surface area contributed by atoms with Gasteiger partial charge in [-0.2, -0.15) is 11.3 Å². The van der Waals surface area contributed by atoms with E-state index in [9.17, 15) is 4.39 Å². The van der Waals surface area contributed by atoms with Crippen LogP contribution in [0.25, 0.3) is 0 Å². The zero-order chi connectivity index (χ0) is 13.7. The highest BCUT2D eigenvalue weighted by molar-refractivity contribution is 7.07. The van der Waals surface area contributed by atoms with Gasteiger partial charge in [0, 0.05) is 6.04 Å². The van der Waals surface area contributed by atoms with Crippen molar-refractivity contribution in [3.8, 4) is 0 Å². The van der Waals surface area contributed by atoms with E-state index in [0.717, 1.165) is 18.5 Å². The highest BCUT2D eigenvalue weighted by atomic mass is 35.5. The third kappa shape index (κ3) is 3.78. The van der Waals surface area contributed by atoms with Crippen LogP contribution < -0.4 is 5.32 Å². The molecule has 1 atom stereocenters. The van der Waals surface area contributed by atoms with E-state index in [-0.39, 0.29) is 16.9 Å². The van der Waals surface area contributed by atoms with Crippen LogP contribution in [0.5, 0.6) is 0 Å². The van der Waals surface area contributed by atoms with E-state index < -0.39 is 0 Å². The van der Waals surface area contributed by atoms with Crippen LogP contribution in [0.15, 0.2) is 35.0 Å². The molecule has 0 amide bonds. The minimum atomic E-state index is -0.348. The molecule has 2 aromatic rings. The van der Waals surface area contributed by atoms with Crippen LogP contribution in [-0.4, -0.2) is 6.54 Å². The minimum absolute atomic E-state index is 0.186. The summed E-state index contributed by atoms with van der Waals surface area (Å²) >= 11 is 7.70. The summed E-state index contributed by atoms with van der Waals surface area (Å²) < 4.78 is 13.5. The summed E-state index contributed by atoms with van der Waals surface area (Å²) in [5.74, 6) is -0.348. The van der Waals surface area contributed by atoms with Crippen molar-refractivity contribution >= 4 is 22.9 Å². The molecular formula is C15H17ClFNS. The first kappa shape index (κ1) is 14.5. The van der Waals surface area contributed by atoms with Crippen molar-refractivity contribution in [1.82, 2.24) is 5.32 Å². The quantitative estimate of drug-likeness (QED) is 0.806. The Labute approximate surface area is 122 Å². The first-order chi connectivity index (χ1) is 9.22. The van der Waals surface area contributed by atoms with Crippen molar-refractivity contribution in [2.24, 2.45) is 0 Å². The number of halogens is 2. The minimum Gasteiger partial charge on any atom is -0.310 e. The molecule has 0 fully saturated rings. The summed E-state index contributed by atoms with van der Waals surface area (Å²) in [7, 11) is 0. The van der Waals surface area contributed by atoms with Crippen LogP contribution in [0.4, 0.5) is 4.39 Å². The van der Waals surface area contributed by atoms with E-state index >= 15 is 0 Å². The van der Waals surface area contributed by atoms with Crippen LogP contribution in [-0.2, 0) is 6.42 Å². The molecule has 0 saturated carbocycles. The zero-order valence-corrected chi connectivity index (χ0v) is 12.4. The summed E-state index contributed by atoms with van der Waals surface area (Å²) in [6, 6.07) is 7.28. The van der Waals surface area contributed by atoms with Gasteiger partial charge in [-0.1, -0.05) is 30.7 Å². The van der Waals surface area contributed by atoms with Crippen molar-refractivity contribution < 1.29 is 4.39 Å². The molecule has 0 radical (unpaired) electrons. The smallest absolute Gasteiger partial charge is 0.142 e. The normalized spacial score (nSPS) is 12.6. The number of benzene rings is 1. The second kappa shape index (κ2) is 7.04. The van der Waals surface area contributed by atoms with Crippen LogP contribution in [0.2, 0.25) is 5.02 Å². The fourth-order valence-electron chi connectivity index (χ4n) is 2.03. The summed E-state index contributed by atoms with van der Waals surface area (Å²) in [6.45, 7) is 3.07. The van der Waals surface area contributed by atoms with E-state index in [2.05, 4.69) is 29.1 Å². The van der Waals surface area contributed by atoms with E-state index in [1.54, 1.807) is 17.4 Å². The Bertz CT molecular complexity index is 513. The molecule has 1 heterocycles. The number of thiophene rings is 1. The van der Waals surface area contributed by atoms with Crippen molar-refractivity contribution in [2.75, 3.05) is 6.54 Å². The number of rotatable bonds is 6. The fraction of sp³-hybridized carbons (Fsp3) is 0.333. The van der Waals surface area contributed by atoms with Crippen LogP contribution in [0.3, 0.4) is 0 Å². The topological polar surface area (TPSA) is 12.0 Å². The van der Waals surface area contributed by atoms with Gasteiger partial charge in [-0.15, -0.1) is 0 Å². The number of nitrogens with one attached hydrogen (secondary N) is 1. The molecule has 4 heteroatoms. The second-order valence-corrected chi connectivity index (χ2v) is 5.64. The zero-order valence-electron chi connectivity index (χ0n) is 10.8. The molecule has 1 unspecified atom stereocenters. The van der Waals surface area contributed by atoms with Gasteiger partial charge in [0.05, 0.1) is 5.02 Å². The molecule has 1 nitrogen and oxygen atoms in total. The van der Waals surface area contributed by atoms with Crippen LogP contribution in [0.1, 0.15) is 30.5 Å². The molecule has 19 heavy (non-hydrogen) atoms. The SMILES string of the molecule is CCCNC(Cc1cccc(F)c1Cl)c1ccsc1. The van der Waals surface area contributed by atoms with Gasteiger partial charge in [0.1, 0.15) is 5.82 Å². The van der Waals surface area contributed by atoms with Gasteiger partial charge >= 0.3 is 0 Å². The standard InChI is InChI=1S/C15H17ClFNS/c1-2-7-18-14(12-6-8-19-10-12)9-11-4-3-5-13(17)15(11)16/h3-6,8,10,14,18H,2,7,9H2,1H3. The average Bonchev–Trinajstić information content (AvgIpc) is 2.93. The molecule has 0 aliphatic heterocycles. The lowest BCUT2D eigenvalue weighted by atomic mass is 10.0. The first-order valence-electron chi connectivity index (χ1n) is 6.40. The molecule has 1 N–H and O–H groups in total. The predicted molar refractivity (Wildman–Crippen MR) is 80.5 cm³/mol. The van der Waals surface area contributed by atoms with E-state index in [0.29, 0.717) is 6.42 Å². The summed E-state index contributed by atoms with van der Waals surface area (Å²) in [5.41, 5.74) is 2.08. The molecule has 0 bridgehead atoms. The number of hydrogen-bond donors (Lipinski definition) is 1. The van der Waals surface area contributed by atoms with Gasteiger partial charge in [0.15, 0.2) is 0 Å². The Morgan fingerprint density at radius 1 is 1.37 bits per heavy atom. The lowest BCUT2D eigenvalue weighted by Gasteiger charge is -2.18. The molecule has 1 aromatic heterocycles. The Morgan fingerprint density at radius 3 is 2.89 bits per heavy atom. The maximum absolute atomic E-state index is 13.5. The van der Waals surface area contributed by atoms with Gasteiger partial charge in [0.25, 0.3) is 0 Å². The van der Waals surface area contributed by atoms with Crippen molar-refractivity contribution in [3.63, 3.8) is 0 Å². The Hall–Kier alpha value is -0.900. The van der Waals surface area contributed by atoms with Gasteiger partial charge in [-0.3, -0.25) is 0 Å². The van der Waals surface area contributed by atoms with E-state index in [4.69, 9.17) is 11.6 Å². The van der Waals surface area contributed by atoms with Crippen LogP contribution in [0, 0.1) is 5.82 Å². The summed E-state index contributed by atoms with van der Waals surface area (Å²) in [6.07, 6.45) is 1.77. The van der Waals surface area contributed by atoms with Crippen molar-refractivity contribution in [1.29, 1.82) is 0 Å². The molecule has 2 rings (SSSR count). The van der Waals surface area contributed by atoms with Crippen LogP contribution >= 0.6 is 22.9 Å². The lowest BCUT2D eigenvalue weighted by Crippen LogP contribution is -2.23. The highest BCUT2D eigenvalue weighted by Crippen LogP contribution is 2.26. The first-order valence-corrected chi connectivity index (χ1v) is 7.72. The predicted octanol–water partition coefficient (Wildman–Crippen LogP) is 4.82. The third-order valence-electron chi connectivity index (χ3n) is 3.04. The Morgan fingerprint density at radius 2 is 2.21 bits per heavy atom. The van der Waals surface area contributed by atoms with Crippen molar-refractivity contribution in [2.45, 2.75) is 25.8 Å². The molecule has 1 aromatic carbocycles. The Kier molecular flexibility index (Phi) is 5.37. The van der Waals surface area contributed by atoms with Gasteiger partial charge < -0.3 is 5.32 Å². The van der Waals surface area contributed by atoms with Gasteiger partial charge in [-0.05, 0) is 53.4 Å². The Balaban J connectivity index is 2.18.